The fourth-order valence-corrected chi connectivity index (χ4v) is 6.95. The summed E-state index contributed by atoms with van der Waals surface area (Å²) >= 11 is 1.83. The molecule has 4 heteroatoms. The minimum atomic E-state index is -1.43. The van der Waals surface area contributed by atoms with Gasteiger partial charge in [-0.15, -0.1) is 11.3 Å². The Balaban J connectivity index is 1.90. The molecule has 2 aromatic heterocycles. The number of fused-ring (bicyclic) bond motifs is 2. The lowest BCUT2D eigenvalue weighted by Gasteiger charge is -2.22. The van der Waals surface area contributed by atoms with Gasteiger partial charge < -0.3 is 0 Å². The zero-order valence-electron chi connectivity index (χ0n) is 21.3. The Morgan fingerprint density at radius 3 is 2.15 bits per heavy atom. The average Bonchev–Trinajstić information content (AvgIpc) is 3.38. The Kier molecular flexibility index (Phi) is 5.77. The largest absolute Gasteiger partial charge is 0.292 e. The van der Waals surface area contributed by atoms with E-state index in [0.717, 1.165) is 11.3 Å². The molecule has 0 bridgehead atoms. The van der Waals surface area contributed by atoms with Gasteiger partial charge >= 0.3 is 0 Å². The number of aromatic nitrogens is 2. The summed E-state index contributed by atoms with van der Waals surface area (Å²) < 4.78 is 3.78. The van der Waals surface area contributed by atoms with E-state index < -0.39 is 8.07 Å². The van der Waals surface area contributed by atoms with Crippen LogP contribution in [0.1, 0.15) is 50.7 Å². The molecule has 0 N–H and O–H groups in total. The minimum absolute atomic E-state index is 0.417. The molecular formula is C30H34N2SSi. The third-order valence-corrected chi connectivity index (χ3v) is 9.81. The summed E-state index contributed by atoms with van der Waals surface area (Å²) in [6.07, 6.45) is 0. The molecule has 2 heterocycles. The van der Waals surface area contributed by atoms with Crippen LogP contribution in [0, 0.1) is 0 Å². The highest BCUT2D eigenvalue weighted by Crippen LogP contribution is 2.40. The highest BCUT2D eigenvalue weighted by Gasteiger charge is 2.24. The van der Waals surface area contributed by atoms with Crippen LogP contribution >= 0.6 is 11.3 Å². The van der Waals surface area contributed by atoms with Crippen molar-refractivity contribution in [3.8, 4) is 17.1 Å². The van der Waals surface area contributed by atoms with Crippen LogP contribution in [0.5, 0.6) is 0 Å². The number of nitrogens with zero attached hydrogens (tertiary/aromatic N) is 2. The maximum absolute atomic E-state index is 5.26. The van der Waals surface area contributed by atoms with Crippen LogP contribution in [-0.2, 0) is 0 Å². The quantitative estimate of drug-likeness (QED) is 0.229. The Hall–Kier alpha value is -2.69. The first kappa shape index (κ1) is 23.1. The van der Waals surface area contributed by atoms with Crippen LogP contribution in [0.15, 0.2) is 66.0 Å². The lowest BCUT2D eigenvalue weighted by Crippen LogP contribution is -2.37. The number of hydrogen-bond donors (Lipinski definition) is 0. The van der Waals surface area contributed by atoms with Crippen molar-refractivity contribution < 1.29 is 0 Å². The van der Waals surface area contributed by atoms with Crippen LogP contribution in [0.3, 0.4) is 0 Å². The smallest absolute Gasteiger partial charge is 0.147 e. The Labute approximate surface area is 208 Å². The second-order valence-electron chi connectivity index (χ2n) is 11.0. The van der Waals surface area contributed by atoms with Crippen LogP contribution < -0.4 is 5.19 Å². The van der Waals surface area contributed by atoms with E-state index in [2.05, 4.69) is 118 Å². The molecule has 2 nitrogen and oxygen atoms in total. The second kappa shape index (κ2) is 8.51. The molecule has 3 aromatic carbocycles. The summed E-state index contributed by atoms with van der Waals surface area (Å²) in [7, 11) is -1.43. The lowest BCUT2D eigenvalue weighted by atomic mass is 9.92. The highest BCUT2D eigenvalue weighted by atomic mass is 32.1. The van der Waals surface area contributed by atoms with Gasteiger partial charge in [-0.2, -0.15) is 0 Å². The number of thiophene rings is 1. The predicted molar refractivity (Wildman–Crippen MR) is 153 cm³/mol. The molecule has 0 radical (unpaired) electrons. The first-order valence-corrected chi connectivity index (χ1v) is 16.7. The average molecular weight is 483 g/mol. The van der Waals surface area contributed by atoms with Gasteiger partial charge in [0.15, 0.2) is 0 Å². The summed E-state index contributed by atoms with van der Waals surface area (Å²) in [5, 5.41) is 5.13. The molecule has 0 aliphatic carbocycles. The zero-order valence-corrected chi connectivity index (χ0v) is 23.1. The summed E-state index contributed by atoms with van der Waals surface area (Å²) in [5.41, 5.74) is 7.51. The fraction of sp³-hybridized carbons (Fsp3) is 0.300. The molecular weight excluding hydrogens is 448 g/mol. The van der Waals surface area contributed by atoms with Crippen molar-refractivity contribution in [3.63, 3.8) is 0 Å². The van der Waals surface area contributed by atoms with Crippen molar-refractivity contribution >= 4 is 45.7 Å². The molecule has 0 saturated carbocycles. The highest BCUT2D eigenvalue weighted by molar-refractivity contribution is 7.17. The number of benzene rings is 3. The van der Waals surface area contributed by atoms with Gasteiger partial charge in [-0.3, -0.25) is 4.57 Å². The molecule has 5 aromatic rings. The third-order valence-electron chi connectivity index (χ3n) is 6.81. The van der Waals surface area contributed by atoms with Gasteiger partial charge in [-0.1, -0.05) is 95.0 Å². The van der Waals surface area contributed by atoms with E-state index in [0.29, 0.717) is 11.8 Å². The van der Waals surface area contributed by atoms with Crippen LogP contribution in [0.25, 0.3) is 38.2 Å². The van der Waals surface area contributed by atoms with E-state index in [1.54, 1.807) is 0 Å². The number of imidazole rings is 1. The van der Waals surface area contributed by atoms with E-state index in [-0.39, 0.29) is 0 Å². The molecule has 0 unspecified atom stereocenters. The summed E-state index contributed by atoms with van der Waals surface area (Å²) in [6.45, 7) is 16.4. The topological polar surface area (TPSA) is 17.8 Å². The van der Waals surface area contributed by atoms with Gasteiger partial charge in [0.25, 0.3) is 0 Å². The standard InChI is InChI=1S/C30H34N2SSi/c1-19(2)22-11-10-12-23(20(3)4)29(22)32-27-14-9-8-13-26(27)31-30(32)25-18-33-28-16-15-21(17-24(25)28)34(5,6)7/h8-20H,1-7H3. The van der Waals surface area contributed by atoms with Gasteiger partial charge in [0.05, 0.1) is 24.8 Å². The zero-order chi connectivity index (χ0) is 24.2. The molecule has 34 heavy (non-hydrogen) atoms. The maximum Gasteiger partial charge on any atom is 0.147 e. The summed E-state index contributed by atoms with van der Waals surface area (Å²) in [6, 6.07) is 22.5. The van der Waals surface area contributed by atoms with Crippen molar-refractivity contribution in [2.75, 3.05) is 0 Å². The van der Waals surface area contributed by atoms with E-state index >= 15 is 0 Å². The molecule has 5 rings (SSSR count). The van der Waals surface area contributed by atoms with Crippen molar-refractivity contribution in [1.29, 1.82) is 0 Å². The van der Waals surface area contributed by atoms with E-state index in [9.17, 15) is 0 Å². The van der Waals surface area contributed by atoms with Crippen molar-refractivity contribution in [3.05, 3.63) is 77.2 Å². The van der Waals surface area contributed by atoms with Gasteiger partial charge in [-0.25, -0.2) is 4.98 Å². The first-order valence-electron chi connectivity index (χ1n) is 12.3. The number of para-hydroxylation sites is 3. The predicted octanol–water partition coefficient (Wildman–Crippen LogP) is 8.70. The monoisotopic (exact) mass is 482 g/mol. The van der Waals surface area contributed by atoms with Crippen LogP contribution in [0.4, 0.5) is 0 Å². The molecule has 0 fully saturated rings. The van der Waals surface area contributed by atoms with Gasteiger partial charge in [0.2, 0.25) is 0 Å². The molecule has 0 aliphatic rings. The molecule has 0 amide bonds. The maximum atomic E-state index is 5.26. The first-order chi connectivity index (χ1) is 16.2. The summed E-state index contributed by atoms with van der Waals surface area (Å²) in [4.78, 5) is 5.26. The van der Waals surface area contributed by atoms with Crippen molar-refractivity contribution in [2.24, 2.45) is 0 Å². The van der Waals surface area contributed by atoms with E-state index in [4.69, 9.17) is 4.98 Å². The fourth-order valence-electron chi connectivity index (χ4n) is 4.87. The number of hydrogen-bond acceptors (Lipinski definition) is 2. The van der Waals surface area contributed by atoms with Crippen molar-refractivity contribution in [2.45, 2.75) is 59.2 Å². The molecule has 0 aliphatic heterocycles. The molecule has 174 valence electrons. The van der Waals surface area contributed by atoms with Crippen LogP contribution in [0.2, 0.25) is 19.6 Å². The van der Waals surface area contributed by atoms with E-state index in [1.807, 2.05) is 11.3 Å². The SMILES string of the molecule is CC(C)c1cccc(C(C)C)c1-n1c(-c2csc3ccc([Si](C)(C)C)cc23)nc2ccccc21. The van der Waals surface area contributed by atoms with E-state index in [1.165, 1.54) is 43.2 Å². The Morgan fingerprint density at radius 1 is 0.824 bits per heavy atom. The molecule has 0 atom stereocenters. The number of rotatable bonds is 5. The van der Waals surface area contributed by atoms with Crippen LogP contribution in [-0.4, -0.2) is 17.6 Å². The lowest BCUT2D eigenvalue weighted by molar-refractivity contribution is 0.811. The second-order valence-corrected chi connectivity index (χ2v) is 17.0. The summed E-state index contributed by atoms with van der Waals surface area (Å²) in [5.74, 6) is 1.89. The third kappa shape index (κ3) is 3.83. The van der Waals surface area contributed by atoms with Gasteiger partial charge in [-0.05, 0) is 41.2 Å². The van der Waals surface area contributed by atoms with Gasteiger partial charge in [0.1, 0.15) is 5.82 Å². The van der Waals surface area contributed by atoms with Crippen molar-refractivity contribution in [1.82, 2.24) is 9.55 Å². The minimum Gasteiger partial charge on any atom is -0.292 e. The normalized spacial score (nSPS) is 12.5. The Bertz CT molecular complexity index is 1470. The molecule has 0 spiro atoms. The molecule has 0 saturated heterocycles. The Morgan fingerprint density at radius 2 is 1.50 bits per heavy atom. The van der Waals surface area contributed by atoms with Gasteiger partial charge in [0, 0.05) is 21.0 Å².